The van der Waals surface area contributed by atoms with Crippen molar-refractivity contribution in [3.8, 4) is 0 Å². The number of anilines is 2. The van der Waals surface area contributed by atoms with E-state index in [2.05, 4.69) is 28.6 Å². The largest absolute Gasteiger partial charge is 0.377 e. The van der Waals surface area contributed by atoms with Gasteiger partial charge in [0.05, 0.1) is 6.10 Å². The van der Waals surface area contributed by atoms with E-state index in [0.29, 0.717) is 12.0 Å². The molecule has 0 aromatic heterocycles. The Labute approximate surface area is 142 Å². The van der Waals surface area contributed by atoms with E-state index < -0.39 is 0 Å². The number of rotatable bonds is 2. The Kier molecular flexibility index (Phi) is 3.11. The molecule has 3 atom stereocenters. The second kappa shape index (κ2) is 5.12. The number of hydrogen-bond donors (Lipinski definition) is 2. The first kappa shape index (κ1) is 14.6. The quantitative estimate of drug-likeness (QED) is 0.878. The van der Waals surface area contributed by atoms with Gasteiger partial charge in [0.1, 0.15) is 0 Å². The van der Waals surface area contributed by atoms with Gasteiger partial charge in [-0.1, -0.05) is 12.5 Å². The smallest absolute Gasteiger partial charge is 0.319 e. The number of ether oxygens (including phenoxy) is 1. The number of likely N-dealkylation sites (N-methyl/N-ethyl adjacent to an activating group) is 1. The van der Waals surface area contributed by atoms with Crippen LogP contribution in [0.4, 0.5) is 16.2 Å². The topological polar surface area (TPSA) is 53.6 Å². The number of carbonyl (C=O) groups is 1. The molecule has 0 bridgehead atoms. The van der Waals surface area contributed by atoms with Crippen LogP contribution in [-0.4, -0.2) is 38.4 Å². The Morgan fingerprint density at radius 3 is 3.04 bits per heavy atom. The summed E-state index contributed by atoms with van der Waals surface area (Å²) in [5.74, 6) is 0.517. The molecule has 3 fully saturated rings. The highest BCUT2D eigenvalue weighted by Gasteiger charge is 2.67. The summed E-state index contributed by atoms with van der Waals surface area (Å²) in [4.78, 5) is 14.9. The molecule has 24 heavy (non-hydrogen) atoms. The maximum absolute atomic E-state index is 12.6. The lowest BCUT2D eigenvalue weighted by Crippen LogP contribution is -2.72. The first-order valence-electron chi connectivity index (χ1n) is 9.21. The van der Waals surface area contributed by atoms with Crippen LogP contribution < -0.4 is 15.5 Å². The minimum atomic E-state index is -0.0559. The fourth-order valence-corrected chi connectivity index (χ4v) is 5.47. The van der Waals surface area contributed by atoms with Crippen LogP contribution in [-0.2, 0) is 11.2 Å². The summed E-state index contributed by atoms with van der Waals surface area (Å²) < 4.78 is 5.93. The molecular weight excluding hydrogens is 302 g/mol. The van der Waals surface area contributed by atoms with Crippen molar-refractivity contribution in [2.24, 2.45) is 11.3 Å². The van der Waals surface area contributed by atoms with Crippen molar-refractivity contribution in [3.05, 3.63) is 23.8 Å². The minimum Gasteiger partial charge on any atom is -0.377 e. The van der Waals surface area contributed by atoms with E-state index in [1.54, 1.807) is 0 Å². The molecule has 0 unspecified atom stereocenters. The summed E-state index contributed by atoms with van der Waals surface area (Å²) in [7, 11) is 2.10. The predicted octanol–water partition coefficient (Wildman–Crippen LogP) is 2.76. The lowest BCUT2D eigenvalue weighted by atomic mass is 9.46. The van der Waals surface area contributed by atoms with Gasteiger partial charge in [-0.2, -0.15) is 0 Å². The Balaban J connectivity index is 1.30. The average molecular weight is 327 g/mol. The number of hydrogen-bond acceptors (Lipinski definition) is 3. The van der Waals surface area contributed by atoms with Crippen LogP contribution in [0.3, 0.4) is 0 Å². The van der Waals surface area contributed by atoms with Crippen molar-refractivity contribution in [2.75, 3.05) is 30.4 Å². The molecule has 2 heterocycles. The molecule has 5 nitrogen and oxygen atoms in total. The lowest BCUT2D eigenvalue weighted by Gasteiger charge is -2.63. The molecule has 4 aliphatic rings. The van der Waals surface area contributed by atoms with Gasteiger partial charge >= 0.3 is 6.03 Å². The van der Waals surface area contributed by atoms with Gasteiger partial charge in [0.15, 0.2) is 0 Å². The van der Waals surface area contributed by atoms with Crippen LogP contribution in [0.15, 0.2) is 18.2 Å². The number of nitrogens with zero attached hydrogens (tertiary/aromatic N) is 1. The summed E-state index contributed by atoms with van der Waals surface area (Å²) in [6.45, 7) is 1.87. The standard InChI is InChI=1S/C19H25N3O2/c1-22-10-6-12-14(4-2-5-15(12)22)20-18(23)21-16-13-7-11-24-17(13)19(16)8-3-9-19/h2,4-5,13,16-17H,3,6-11H2,1H3,(H2,20,21,23)/t13-,16-,17-/m1/s1. The number of carbonyl (C=O) groups excluding carboxylic acids is 1. The van der Waals surface area contributed by atoms with E-state index >= 15 is 0 Å². The lowest BCUT2D eigenvalue weighted by molar-refractivity contribution is -0.171. The molecule has 1 aromatic rings. The zero-order valence-corrected chi connectivity index (χ0v) is 14.2. The highest BCUT2D eigenvalue weighted by atomic mass is 16.5. The first-order chi connectivity index (χ1) is 11.7. The Hall–Kier alpha value is -1.75. The van der Waals surface area contributed by atoms with Gasteiger partial charge in [0.25, 0.3) is 0 Å². The average Bonchev–Trinajstić information content (AvgIpc) is 3.10. The fraction of sp³-hybridized carbons (Fsp3) is 0.632. The molecule has 2 saturated carbocycles. The van der Waals surface area contributed by atoms with E-state index in [1.807, 2.05) is 12.1 Å². The number of benzene rings is 1. The van der Waals surface area contributed by atoms with E-state index in [9.17, 15) is 4.79 Å². The van der Waals surface area contributed by atoms with Gasteiger partial charge in [-0.05, 0) is 37.8 Å². The third-order valence-corrected chi connectivity index (χ3v) is 6.83. The van der Waals surface area contributed by atoms with Gasteiger partial charge in [0, 0.05) is 54.5 Å². The van der Waals surface area contributed by atoms with E-state index in [-0.39, 0.29) is 17.5 Å². The monoisotopic (exact) mass is 327 g/mol. The zero-order chi connectivity index (χ0) is 16.3. The van der Waals surface area contributed by atoms with Crippen molar-refractivity contribution in [2.45, 2.75) is 44.2 Å². The highest BCUT2D eigenvalue weighted by molar-refractivity contribution is 5.92. The van der Waals surface area contributed by atoms with Crippen LogP contribution in [0.1, 0.15) is 31.2 Å². The van der Waals surface area contributed by atoms with Crippen LogP contribution in [0.5, 0.6) is 0 Å². The normalized spacial score (nSPS) is 31.9. The molecule has 2 aliphatic carbocycles. The Morgan fingerprint density at radius 1 is 1.38 bits per heavy atom. The van der Waals surface area contributed by atoms with Crippen molar-refractivity contribution < 1.29 is 9.53 Å². The van der Waals surface area contributed by atoms with Gasteiger partial charge in [-0.15, -0.1) is 0 Å². The number of amides is 2. The zero-order valence-electron chi connectivity index (χ0n) is 14.2. The van der Waals surface area contributed by atoms with Gasteiger partial charge in [-0.25, -0.2) is 4.79 Å². The van der Waals surface area contributed by atoms with Crippen molar-refractivity contribution in [1.29, 1.82) is 0 Å². The van der Waals surface area contributed by atoms with Gasteiger partial charge in [0.2, 0.25) is 0 Å². The molecular formula is C19H25N3O2. The van der Waals surface area contributed by atoms with E-state index in [4.69, 9.17) is 4.74 Å². The van der Waals surface area contributed by atoms with E-state index in [0.717, 1.165) is 31.7 Å². The van der Waals surface area contributed by atoms with E-state index in [1.165, 1.54) is 30.5 Å². The predicted molar refractivity (Wildman–Crippen MR) is 93.5 cm³/mol. The molecule has 2 aliphatic heterocycles. The maximum atomic E-state index is 12.6. The van der Waals surface area contributed by atoms with Crippen LogP contribution in [0, 0.1) is 11.3 Å². The summed E-state index contributed by atoms with van der Waals surface area (Å²) in [6.07, 6.45) is 6.14. The first-order valence-corrected chi connectivity index (χ1v) is 9.21. The van der Waals surface area contributed by atoms with Gasteiger partial charge < -0.3 is 20.3 Å². The number of fused-ring (bicyclic) bond motifs is 3. The molecule has 128 valence electrons. The third kappa shape index (κ3) is 1.88. The molecule has 1 spiro atoms. The van der Waals surface area contributed by atoms with Crippen molar-refractivity contribution in [3.63, 3.8) is 0 Å². The van der Waals surface area contributed by atoms with Crippen LogP contribution in [0.2, 0.25) is 0 Å². The molecule has 1 saturated heterocycles. The second-order valence-corrected chi connectivity index (χ2v) is 7.88. The maximum Gasteiger partial charge on any atom is 0.319 e. The Bertz CT molecular complexity index is 685. The molecule has 1 aromatic carbocycles. The summed E-state index contributed by atoms with van der Waals surface area (Å²) >= 11 is 0. The number of urea groups is 1. The summed E-state index contributed by atoms with van der Waals surface area (Å²) in [6, 6.07) is 6.39. The fourth-order valence-electron chi connectivity index (χ4n) is 5.47. The second-order valence-electron chi connectivity index (χ2n) is 7.88. The summed E-state index contributed by atoms with van der Waals surface area (Å²) in [5, 5.41) is 6.40. The number of nitrogens with one attached hydrogen (secondary N) is 2. The molecule has 0 radical (unpaired) electrons. The molecule has 2 amide bonds. The van der Waals surface area contributed by atoms with Crippen LogP contribution >= 0.6 is 0 Å². The molecule has 2 N–H and O–H groups in total. The molecule has 5 rings (SSSR count). The third-order valence-electron chi connectivity index (χ3n) is 6.83. The van der Waals surface area contributed by atoms with Crippen molar-refractivity contribution in [1.82, 2.24) is 5.32 Å². The highest BCUT2D eigenvalue weighted by Crippen LogP contribution is 2.62. The summed E-state index contributed by atoms with van der Waals surface area (Å²) in [5.41, 5.74) is 3.67. The van der Waals surface area contributed by atoms with Gasteiger partial charge in [-0.3, -0.25) is 0 Å². The van der Waals surface area contributed by atoms with Crippen LogP contribution in [0.25, 0.3) is 0 Å². The Morgan fingerprint density at radius 2 is 2.25 bits per heavy atom. The van der Waals surface area contributed by atoms with Crippen molar-refractivity contribution >= 4 is 17.4 Å². The molecule has 5 heteroatoms. The minimum absolute atomic E-state index is 0.0559. The SMILES string of the molecule is CN1CCc2c(NC(=O)N[C@@H]3[C@H]4CCO[C@H]4C34CCC4)cccc21.